The summed E-state index contributed by atoms with van der Waals surface area (Å²) in [5.74, 6) is 2.20. The second kappa shape index (κ2) is 13.4. The van der Waals surface area contributed by atoms with Crippen LogP contribution in [0.4, 0.5) is 0 Å². The zero-order valence-corrected chi connectivity index (χ0v) is 21.6. The van der Waals surface area contributed by atoms with Crippen molar-refractivity contribution in [2.75, 3.05) is 33.1 Å². The molecule has 31 heavy (non-hydrogen) atoms. The fourth-order valence-electron chi connectivity index (χ4n) is 2.84. The highest BCUT2D eigenvalue weighted by molar-refractivity contribution is 14.0. The Labute approximate surface area is 202 Å². The molecule has 7 nitrogen and oxygen atoms in total. The van der Waals surface area contributed by atoms with E-state index in [1.807, 2.05) is 32.0 Å². The summed E-state index contributed by atoms with van der Waals surface area (Å²) in [6.07, 6.45) is 2.00. The van der Waals surface area contributed by atoms with E-state index in [0.717, 1.165) is 29.0 Å². The number of guanidine groups is 1. The predicted octanol–water partition coefficient (Wildman–Crippen LogP) is 3.41. The largest absolute Gasteiger partial charge is 0.490 e. The fourth-order valence-corrected chi connectivity index (χ4v) is 3.47. The van der Waals surface area contributed by atoms with Crippen LogP contribution in [0.25, 0.3) is 0 Å². The first kappa shape index (κ1) is 27.0. The molecule has 9 heteroatoms. The molecule has 2 rings (SSSR count). The van der Waals surface area contributed by atoms with E-state index in [4.69, 9.17) is 9.47 Å². The van der Waals surface area contributed by atoms with Gasteiger partial charge in [-0.25, -0.2) is 8.42 Å². The van der Waals surface area contributed by atoms with Crippen molar-refractivity contribution in [1.82, 2.24) is 10.6 Å². The lowest BCUT2D eigenvalue weighted by atomic mass is 10.1. The molecule has 0 aliphatic carbocycles. The van der Waals surface area contributed by atoms with Crippen LogP contribution < -0.4 is 20.1 Å². The highest BCUT2D eigenvalue weighted by Gasteiger charge is 2.08. The maximum atomic E-state index is 11.5. The molecule has 0 unspecified atom stereocenters. The van der Waals surface area contributed by atoms with Gasteiger partial charge in [-0.1, -0.05) is 18.2 Å². The van der Waals surface area contributed by atoms with Gasteiger partial charge in [-0.3, -0.25) is 4.99 Å². The van der Waals surface area contributed by atoms with Gasteiger partial charge in [0.15, 0.2) is 27.3 Å². The van der Waals surface area contributed by atoms with Crippen molar-refractivity contribution >= 4 is 39.8 Å². The highest BCUT2D eigenvalue weighted by atomic mass is 127. The number of nitrogens with zero attached hydrogens (tertiary/aromatic N) is 1. The number of hydrogen-bond acceptors (Lipinski definition) is 5. The Hall–Kier alpha value is -2.01. The van der Waals surface area contributed by atoms with Crippen molar-refractivity contribution in [3.8, 4) is 11.5 Å². The summed E-state index contributed by atoms with van der Waals surface area (Å²) in [6.45, 7) is 6.33. The van der Waals surface area contributed by atoms with E-state index < -0.39 is 9.84 Å². The topological polar surface area (TPSA) is 89.0 Å². The van der Waals surface area contributed by atoms with Gasteiger partial charge >= 0.3 is 0 Å². The van der Waals surface area contributed by atoms with Crippen molar-refractivity contribution in [1.29, 1.82) is 0 Å². The molecule has 0 spiro atoms. The van der Waals surface area contributed by atoms with E-state index in [9.17, 15) is 8.42 Å². The van der Waals surface area contributed by atoms with Crippen molar-refractivity contribution in [3.05, 3.63) is 53.6 Å². The van der Waals surface area contributed by atoms with Crippen LogP contribution in [0.3, 0.4) is 0 Å². The van der Waals surface area contributed by atoms with Crippen LogP contribution in [0.2, 0.25) is 0 Å². The minimum atomic E-state index is -3.18. The summed E-state index contributed by atoms with van der Waals surface area (Å²) in [6, 6.07) is 12.8. The Kier molecular flexibility index (Phi) is 11.7. The van der Waals surface area contributed by atoms with Gasteiger partial charge in [0.2, 0.25) is 0 Å². The predicted molar refractivity (Wildman–Crippen MR) is 136 cm³/mol. The molecule has 2 N–H and O–H groups in total. The van der Waals surface area contributed by atoms with E-state index in [1.54, 1.807) is 31.3 Å². The van der Waals surface area contributed by atoms with Crippen LogP contribution in [-0.4, -0.2) is 47.4 Å². The number of rotatable bonds is 10. The molecule has 0 atom stereocenters. The minimum absolute atomic E-state index is 0. The molecular weight excluding hydrogens is 529 g/mol. The number of sulfone groups is 1. The second-order valence-corrected chi connectivity index (χ2v) is 8.68. The monoisotopic (exact) mass is 561 g/mol. The summed E-state index contributed by atoms with van der Waals surface area (Å²) in [4.78, 5) is 4.55. The van der Waals surface area contributed by atoms with Crippen LogP contribution in [-0.2, 0) is 22.8 Å². The molecule has 0 saturated carbocycles. The molecule has 0 amide bonds. The zero-order valence-electron chi connectivity index (χ0n) is 18.5. The molecule has 0 bridgehead atoms. The molecule has 0 aliphatic heterocycles. The summed E-state index contributed by atoms with van der Waals surface area (Å²) in [5, 5.41) is 6.52. The molecular formula is C22H32IN3O4S. The third-order valence-electron chi connectivity index (χ3n) is 4.35. The molecule has 0 saturated heterocycles. The Balaban J connectivity index is 0.00000480. The van der Waals surface area contributed by atoms with Gasteiger partial charge in [0.25, 0.3) is 0 Å². The standard InChI is InChI=1S/C22H31N3O4S.HI/c1-5-28-20-12-9-17(15-21(20)29-6-2)13-14-24-22(23-3)25-16-18-7-10-19(11-8-18)30(4,26)27;/h7-12,15H,5-6,13-14,16H2,1-4H3,(H2,23,24,25);1H. The lowest BCUT2D eigenvalue weighted by molar-refractivity contribution is 0.287. The van der Waals surface area contributed by atoms with E-state index in [2.05, 4.69) is 15.6 Å². The van der Waals surface area contributed by atoms with E-state index in [1.165, 1.54) is 6.26 Å². The first-order chi connectivity index (χ1) is 14.4. The molecule has 0 heterocycles. The molecule has 0 fully saturated rings. The number of hydrogen-bond donors (Lipinski definition) is 2. The Morgan fingerprint density at radius 3 is 2.13 bits per heavy atom. The quantitative estimate of drug-likeness (QED) is 0.263. The fraction of sp³-hybridized carbons (Fsp3) is 0.409. The Morgan fingerprint density at radius 2 is 1.55 bits per heavy atom. The maximum absolute atomic E-state index is 11.5. The Morgan fingerprint density at radius 1 is 0.935 bits per heavy atom. The number of aliphatic imine (C=N–C) groups is 1. The van der Waals surface area contributed by atoms with Gasteiger partial charge in [-0.15, -0.1) is 24.0 Å². The van der Waals surface area contributed by atoms with Crippen LogP contribution in [0.5, 0.6) is 11.5 Å². The number of benzene rings is 2. The molecule has 0 aliphatic rings. The van der Waals surface area contributed by atoms with Gasteiger partial charge < -0.3 is 20.1 Å². The number of ether oxygens (including phenoxy) is 2. The average molecular weight is 561 g/mol. The second-order valence-electron chi connectivity index (χ2n) is 6.67. The van der Waals surface area contributed by atoms with Gasteiger partial charge in [0.05, 0.1) is 18.1 Å². The summed E-state index contributed by atoms with van der Waals surface area (Å²) in [7, 11) is -1.47. The Bertz CT molecular complexity index is 948. The highest BCUT2D eigenvalue weighted by Crippen LogP contribution is 2.28. The van der Waals surface area contributed by atoms with Crippen molar-refractivity contribution < 1.29 is 17.9 Å². The number of nitrogens with one attached hydrogen (secondary N) is 2. The van der Waals surface area contributed by atoms with E-state index >= 15 is 0 Å². The molecule has 0 radical (unpaired) electrons. The average Bonchev–Trinajstić information content (AvgIpc) is 2.72. The van der Waals surface area contributed by atoms with Crippen LogP contribution in [0.1, 0.15) is 25.0 Å². The van der Waals surface area contributed by atoms with Gasteiger partial charge in [-0.05, 0) is 55.7 Å². The maximum Gasteiger partial charge on any atom is 0.191 e. The van der Waals surface area contributed by atoms with Crippen LogP contribution in [0.15, 0.2) is 52.4 Å². The normalized spacial score (nSPS) is 11.4. The molecule has 2 aromatic rings. The number of halogens is 1. The smallest absolute Gasteiger partial charge is 0.191 e. The summed E-state index contributed by atoms with van der Waals surface area (Å²) in [5.41, 5.74) is 2.11. The lowest BCUT2D eigenvalue weighted by Gasteiger charge is -2.14. The zero-order chi connectivity index (χ0) is 22.0. The van der Waals surface area contributed by atoms with Gasteiger partial charge in [-0.2, -0.15) is 0 Å². The van der Waals surface area contributed by atoms with Crippen molar-refractivity contribution in [3.63, 3.8) is 0 Å². The third kappa shape index (κ3) is 8.94. The van der Waals surface area contributed by atoms with E-state index in [0.29, 0.717) is 37.2 Å². The van der Waals surface area contributed by atoms with E-state index in [-0.39, 0.29) is 24.0 Å². The van der Waals surface area contributed by atoms with Crippen molar-refractivity contribution in [2.24, 2.45) is 4.99 Å². The lowest BCUT2D eigenvalue weighted by Crippen LogP contribution is -2.37. The summed E-state index contributed by atoms with van der Waals surface area (Å²) < 4.78 is 34.4. The molecule has 172 valence electrons. The SMILES string of the molecule is CCOc1ccc(CCNC(=NC)NCc2ccc(S(C)(=O)=O)cc2)cc1OCC.I. The van der Waals surface area contributed by atoms with Gasteiger partial charge in [0, 0.05) is 26.4 Å². The van der Waals surface area contributed by atoms with Crippen molar-refractivity contribution in [2.45, 2.75) is 31.7 Å². The first-order valence-electron chi connectivity index (χ1n) is 9.99. The van der Waals surface area contributed by atoms with Gasteiger partial charge in [0.1, 0.15) is 0 Å². The molecule has 2 aromatic carbocycles. The third-order valence-corrected chi connectivity index (χ3v) is 5.48. The van der Waals surface area contributed by atoms with Crippen LogP contribution >= 0.6 is 24.0 Å². The summed E-state index contributed by atoms with van der Waals surface area (Å²) >= 11 is 0. The minimum Gasteiger partial charge on any atom is -0.490 e. The molecule has 0 aromatic heterocycles. The first-order valence-corrected chi connectivity index (χ1v) is 11.9. The van der Waals surface area contributed by atoms with Crippen LogP contribution in [0, 0.1) is 0 Å².